The lowest BCUT2D eigenvalue weighted by molar-refractivity contribution is -0.149. The number of halogens is 1. The van der Waals surface area contributed by atoms with Gasteiger partial charge in [0.25, 0.3) is 11.8 Å². The highest BCUT2D eigenvalue weighted by molar-refractivity contribution is 9.10. The van der Waals surface area contributed by atoms with Crippen molar-refractivity contribution in [3.05, 3.63) is 192 Å². The third-order valence-electron chi connectivity index (χ3n) is 20.7. The van der Waals surface area contributed by atoms with Crippen LogP contribution in [0.5, 0.6) is 0 Å². The number of carbonyl (C=O) groups is 6. The Morgan fingerprint density at radius 3 is 1.17 bits per heavy atom. The van der Waals surface area contributed by atoms with Crippen molar-refractivity contribution in [3.8, 4) is 33.9 Å². The number of rotatable bonds is 20. The lowest BCUT2D eigenvalue weighted by Crippen LogP contribution is -2.52. The van der Waals surface area contributed by atoms with Crippen molar-refractivity contribution in [2.45, 2.75) is 205 Å². The summed E-state index contributed by atoms with van der Waals surface area (Å²) in [5, 5.41) is 43.1. The van der Waals surface area contributed by atoms with E-state index in [1.54, 1.807) is 36.7 Å². The van der Waals surface area contributed by atoms with Crippen molar-refractivity contribution in [2.75, 3.05) is 18.3 Å². The van der Waals surface area contributed by atoms with Gasteiger partial charge in [-0.05, 0) is 192 Å². The molecule has 4 aliphatic rings. The molecule has 4 atom stereocenters. The fraction of sp³-hybridized carbons (Fsp3) is 0.439. The first-order valence-corrected chi connectivity index (χ1v) is 38.9. The summed E-state index contributed by atoms with van der Waals surface area (Å²) >= 11 is 6.13. The predicted octanol–water partition coefficient (Wildman–Crippen LogP) is 17.4. The molecule has 4 fully saturated rings. The first-order valence-electron chi connectivity index (χ1n) is 36.5. The molecule has 26 heteroatoms. The minimum atomic E-state index is -1.03. The van der Waals surface area contributed by atoms with Crippen LogP contribution in [-0.4, -0.2) is 123 Å². The number of likely N-dealkylation sites (tertiary alicyclic amines) is 2. The maximum Gasteiger partial charge on any atom is 0.326 e. The third-order valence-corrected chi connectivity index (χ3v) is 24.2. The van der Waals surface area contributed by atoms with E-state index in [0.29, 0.717) is 77.7 Å². The average molecular weight is 1650 g/mol. The van der Waals surface area contributed by atoms with Gasteiger partial charge in [0.05, 0.1) is 19.9 Å². The van der Waals surface area contributed by atoms with E-state index in [-0.39, 0.29) is 107 Å². The Hall–Kier alpha value is -7.14. The Labute approximate surface area is 679 Å². The fourth-order valence-electron chi connectivity index (χ4n) is 14.3. The molecule has 2 aliphatic carbocycles. The molecule has 19 nitrogen and oxygen atoms in total. The largest absolute Gasteiger partial charge is 0.480 e. The molecule has 0 spiro atoms. The fourth-order valence-corrected chi connectivity index (χ4v) is 16.5. The highest BCUT2D eigenvalue weighted by Gasteiger charge is 2.40. The summed E-state index contributed by atoms with van der Waals surface area (Å²) in [5.74, 6) is 0.785. The number of hydrogen-bond acceptors (Lipinski definition) is 15. The summed E-state index contributed by atoms with van der Waals surface area (Å²) < 4.78 is 0.784. The number of aliphatic carboxylic acids is 2. The Kier molecular flexibility index (Phi) is 34.3. The summed E-state index contributed by atoms with van der Waals surface area (Å²) in [6, 6.07) is 35.4. The molecular formula is C82H106BrN9O10S6. The van der Waals surface area contributed by atoms with E-state index in [2.05, 4.69) is 126 Å². The molecular weight excluding hydrogens is 1540 g/mol. The number of benzene rings is 4. The number of carboxylic acids is 2. The smallest absolute Gasteiger partial charge is 0.326 e. The van der Waals surface area contributed by atoms with Crippen LogP contribution < -0.4 is 15.9 Å². The molecule has 0 unspecified atom stereocenters. The van der Waals surface area contributed by atoms with Crippen molar-refractivity contribution in [3.63, 3.8) is 0 Å². The zero-order valence-electron chi connectivity index (χ0n) is 62.8. The number of amides is 4. The van der Waals surface area contributed by atoms with Crippen molar-refractivity contribution in [2.24, 2.45) is 11.8 Å². The number of nitrogens with zero attached hydrogens (tertiary/aromatic N) is 7. The lowest BCUT2D eigenvalue weighted by atomic mass is 9.78. The van der Waals surface area contributed by atoms with Crippen LogP contribution in [0, 0.1) is 11.8 Å². The van der Waals surface area contributed by atoms with E-state index in [9.17, 15) is 39.0 Å². The predicted molar refractivity (Wildman–Crippen MR) is 453 cm³/mol. The van der Waals surface area contributed by atoms with Gasteiger partial charge in [-0.3, -0.25) is 29.6 Å². The Morgan fingerprint density at radius 2 is 0.833 bits per heavy atom. The van der Waals surface area contributed by atoms with Gasteiger partial charge >= 0.3 is 11.9 Å². The highest BCUT2D eigenvalue weighted by Crippen LogP contribution is 2.40. The van der Waals surface area contributed by atoms with Gasteiger partial charge in [-0.15, -0.1) is 27.9 Å². The number of carboxylic acid groups (broad SMARTS) is 2. The second kappa shape index (κ2) is 41.2. The molecule has 4 aromatic carbocycles. The van der Waals surface area contributed by atoms with Crippen molar-refractivity contribution in [1.82, 2.24) is 40.4 Å². The molecule has 0 radical (unpaired) electrons. The SMILES string of the molecule is CC(C)(C)c1ccc(C(=O)N[C@@H](Cc2ccc(-c3ncc(Br)cn3)cc2)C(=O)N2CCC[C@H]2C(=O)O)s1.CCC1CCC(c2ccc(-c3cnc(-c4ccc(C[C@H](NC(=O)c5ccc(C(C)(C)C)s5)C(=O)N5CCC[C@H]5C(=O)O)cc4)nc3)cc2)CC1.CCC1CCC(c2ccc(N(O)O)cc2)CC1.S.S.S.S. The summed E-state index contributed by atoms with van der Waals surface area (Å²) in [6.07, 6.45) is 22.5. The minimum Gasteiger partial charge on any atom is -0.480 e. The normalized spacial score (nSPS) is 18.8. The van der Waals surface area contributed by atoms with E-state index in [1.807, 2.05) is 85.2 Å². The van der Waals surface area contributed by atoms with Crippen LogP contribution in [0.15, 0.2) is 151 Å². The molecule has 582 valence electrons. The van der Waals surface area contributed by atoms with Gasteiger partial charge in [0.1, 0.15) is 24.2 Å². The van der Waals surface area contributed by atoms with Gasteiger partial charge < -0.3 is 30.6 Å². The molecule has 2 saturated carbocycles. The van der Waals surface area contributed by atoms with Crippen LogP contribution in [0.3, 0.4) is 0 Å². The first-order chi connectivity index (χ1) is 49.7. The van der Waals surface area contributed by atoms with Crippen molar-refractivity contribution in [1.29, 1.82) is 0 Å². The summed E-state index contributed by atoms with van der Waals surface area (Å²) in [6.45, 7) is 17.8. The van der Waals surface area contributed by atoms with Crippen LogP contribution in [0.1, 0.15) is 208 Å². The van der Waals surface area contributed by atoms with E-state index < -0.39 is 36.1 Å². The quantitative estimate of drug-likeness (QED) is 0.0387. The van der Waals surface area contributed by atoms with Gasteiger partial charge in [0.2, 0.25) is 11.8 Å². The molecule has 4 aromatic heterocycles. The third kappa shape index (κ3) is 23.9. The van der Waals surface area contributed by atoms with Crippen LogP contribution in [-0.2, 0) is 42.8 Å². The van der Waals surface area contributed by atoms with E-state index in [0.717, 1.165) is 59.4 Å². The van der Waals surface area contributed by atoms with Gasteiger partial charge in [-0.2, -0.15) is 54.0 Å². The number of hydrogen-bond donors (Lipinski definition) is 6. The molecule has 6 heterocycles. The lowest BCUT2D eigenvalue weighted by Gasteiger charge is -2.28. The van der Waals surface area contributed by atoms with Crippen LogP contribution in [0.2, 0.25) is 0 Å². The monoisotopic (exact) mass is 1650 g/mol. The van der Waals surface area contributed by atoms with Crippen LogP contribution >= 0.6 is 92.6 Å². The highest BCUT2D eigenvalue weighted by atomic mass is 79.9. The maximum atomic E-state index is 13.8. The standard InChI is InChI=1S/C41H48N4O4S.C27H29BrN4O4S.C14H21NO2.4H2S/c1-5-26-8-12-28(13-9-26)29-16-18-30(19-17-29)32-24-42-37(43-25-32)31-14-10-27(11-15-31)23-33(39(47)45-22-6-7-34(45)40(48)49)44-38(46)35-20-21-36(50-35)41(2,3)4;1-27(2,3)22-11-10-21(37-22)24(33)31-19(25(34)32-12-4-5-20(32)26(35)36)13-16-6-8-17(9-7-16)23-29-14-18(28)15-30-23;1-2-11-3-5-12(6-4-11)13-7-9-14(10-8-13)15(16)17;;;;/h10-11,14-21,24-26,28,33-34H,5-9,12-13,22-23H2,1-4H3,(H,44,46)(H,48,49);6-11,14-15,19-20H,4-5,12-13H2,1-3H3,(H,31,33)(H,35,36);7-12,16-17H,2-6H2,1H3;4*1H2/t26?,28?,33-,34-;19-,20-;;;;;/m00...../s1. The summed E-state index contributed by atoms with van der Waals surface area (Å²) in [4.78, 5) is 101. The number of nitrogens with one attached hydrogen (secondary N) is 2. The summed E-state index contributed by atoms with van der Waals surface area (Å²) in [5.41, 5.74) is 8.34. The minimum absolute atomic E-state index is 0. The van der Waals surface area contributed by atoms with E-state index in [1.165, 1.54) is 108 Å². The maximum absolute atomic E-state index is 13.8. The van der Waals surface area contributed by atoms with E-state index >= 15 is 0 Å². The van der Waals surface area contributed by atoms with Gasteiger partial charge in [0.15, 0.2) is 11.6 Å². The second-order valence-electron chi connectivity index (χ2n) is 30.0. The Balaban J connectivity index is 0.000000276. The Bertz CT molecular complexity index is 4200. The zero-order valence-corrected chi connectivity index (χ0v) is 70.0. The zero-order chi connectivity index (χ0) is 74.4. The number of thiophene rings is 2. The number of aromatic nitrogens is 4. The first kappa shape index (κ1) is 89.8. The molecule has 108 heavy (non-hydrogen) atoms. The molecule has 8 aromatic rings. The second-order valence-corrected chi connectivity index (χ2v) is 33.1. The molecule has 0 bridgehead atoms. The molecule has 2 saturated heterocycles. The molecule has 2 aliphatic heterocycles. The van der Waals surface area contributed by atoms with Crippen LogP contribution in [0.25, 0.3) is 33.9 Å². The summed E-state index contributed by atoms with van der Waals surface area (Å²) in [7, 11) is 0. The molecule has 12 rings (SSSR count). The van der Waals surface area contributed by atoms with Gasteiger partial charge in [-0.25, -0.2) is 29.5 Å². The van der Waals surface area contributed by atoms with Crippen LogP contribution in [0.4, 0.5) is 5.69 Å². The number of carbonyl (C=O) groups excluding carboxylic acids is 4. The van der Waals surface area contributed by atoms with Crippen molar-refractivity contribution >= 4 is 134 Å². The average Bonchev–Trinajstić information content (AvgIpc) is 1.40. The molecule has 4 amide bonds. The van der Waals surface area contributed by atoms with E-state index in [4.69, 9.17) is 10.4 Å². The van der Waals surface area contributed by atoms with Gasteiger partial charge in [-0.1, -0.05) is 153 Å². The Morgan fingerprint density at radius 1 is 0.481 bits per heavy atom. The van der Waals surface area contributed by atoms with Gasteiger partial charge in [0, 0.05) is 77.2 Å². The molecule has 6 N–H and O–H groups in total. The topological polar surface area (TPSA) is 269 Å². The number of anilines is 1. The van der Waals surface area contributed by atoms with Crippen molar-refractivity contribution < 1.29 is 49.4 Å².